The number of carbonyl (C=O) groups is 3. The van der Waals surface area contributed by atoms with Gasteiger partial charge in [0.2, 0.25) is 10.0 Å². The van der Waals surface area contributed by atoms with E-state index in [1.54, 1.807) is 13.8 Å². The Balaban J connectivity index is 1.99. The van der Waals surface area contributed by atoms with E-state index in [2.05, 4.69) is 10.0 Å². The first-order valence-electron chi connectivity index (χ1n) is 8.18. The van der Waals surface area contributed by atoms with Crippen LogP contribution >= 0.6 is 11.6 Å². The van der Waals surface area contributed by atoms with Crippen LogP contribution in [0.2, 0.25) is 5.02 Å². The lowest BCUT2D eigenvalue weighted by molar-refractivity contribution is -0.123. The summed E-state index contributed by atoms with van der Waals surface area (Å²) in [5.74, 6) is -1.74. The molecule has 3 N–H and O–H groups in total. The number of nitrogens with one attached hydrogen (secondary N) is 3. The minimum Gasteiger partial charge on any atom is -0.452 e. The summed E-state index contributed by atoms with van der Waals surface area (Å²) in [7, 11) is -3.86. The SMILES string of the molecule is CC(C)NC(=O)NC(=O)COC(=O)c1ccc(Cl)c(S(=O)(=O)NC2CC2)c1. The second-order valence-corrected chi connectivity index (χ2v) is 8.38. The molecule has 9 nitrogen and oxygen atoms in total. The smallest absolute Gasteiger partial charge is 0.338 e. The molecule has 1 saturated carbocycles. The molecule has 0 radical (unpaired) electrons. The Bertz CT molecular complexity index is 852. The van der Waals surface area contributed by atoms with Gasteiger partial charge < -0.3 is 10.1 Å². The fourth-order valence-corrected chi connectivity index (χ4v) is 3.83. The Labute approximate surface area is 161 Å². The Morgan fingerprint density at radius 2 is 1.93 bits per heavy atom. The predicted octanol–water partition coefficient (Wildman–Crippen LogP) is 1.17. The van der Waals surface area contributed by atoms with E-state index < -0.39 is 34.5 Å². The van der Waals surface area contributed by atoms with Crippen molar-refractivity contribution in [1.82, 2.24) is 15.4 Å². The summed E-state index contributed by atoms with van der Waals surface area (Å²) in [6.45, 7) is 2.73. The summed E-state index contributed by atoms with van der Waals surface area (Å²) < 4.78 is 31.9. The molecule has 0 spiro atoms. The second kappa shape index (κ2) is 8.68. The molecule has 2 rings (SSSR count). The molecule has 1 aromatic carbocycles. The predicted molar refractivity (Wildman–Crippen MR) is 96.9 cm³/mol. The number of esters is 1. The van der Waals surface area contributed by atoms with E-state index in [-0.39, 0.29) is 27.6 Å². The molecule has 0 atom stereocenters. The highest BCUT2D eigenvalue weighted by Gasteiger charge is 2.29. The average Bonchev–Trinajstić information content (AvgIpc) is 3.35. The number of halogens is 1. The van der Waals surface area contributed by atoms with Gasteiger partial charge in [-0.05, 0) is 44.9 Å². The van der Waals surface area contributed by atoms with Gasteiger partial charge in [-0.1, -0.05) is 11.6 Å². The van der Waals surface area contributed by atoms with Gasteiger partial charge in [-0.15, -0.1) is 0 Å². The maximum Gasteiger partial charge on any atom is 0.338 e. The van der Waals surface area contributed by atoms with E-state index in [0.717, 1.165) is 18.9 Å². The molecule has 1 aliphatic carbocycles. The molecule has 0 unspecified atom stereocenters. The largest absolute Gasteiger partial charge is 0.452 e. The fourth-order valence-electron chi connectivity index (χ4n) is 2.00. The summed E-state index contributed by atoms with van der Waals surface area (Å²) >= 11 is 5.94. The Hall–Kier alpha value is -2.17. The molecular weight excluding hydrogens is 398 g/mol. The molecule has 0 heterocycles. The maximum absolute atomic E-state index is 12.3. The van der Waals surface area contributed by atoms with Crippen molar-refractivity contribution in [2.45, 2.75) is 43.7 Å². The third-order valence-electron chi connectivity index (χ3n) is 3.36. The normalized spacial score (nSPS) is 13.9. The number of amides is 3. The highest BCUT2D eigenvalue weighted by Crippen LogP contribution is 2.27. The molecule has 148 valence electrons. The first-order chi connectivity index (χ1) is 12.6. The van der Waals surface area contributed by atoms with Crippen LogP contribution < -0.4 is 15.4 Å². The summed E-state index contributed by atoms with van der Waals surface area (Å²) in [4.78, 5) is 34.8. The van der Waals surface area contributed by atoms with Crippen molar-refractivity contribution in [3.63, 3.8) is 0 Å². The van der Waals surface area contributed by atoms with Crippen molar-refractivity contribution in [1.29, 1.82) is 0 Å². The van der Waals surface area contributed by atoms with Crippen molar-refractivity contribution < 1.29 is 27.5 Å². The van der Waals surface area contributed by atoms with E-state index in [1.165, 1.54) is 12.1 Å². The number of sulfonamides is 1. The molecule has 0 bridgehead atoms. The summed E-state index contributed by atoms with van der Waals surface area (Å²) in [5.41, 5.74) is -0.0880. The first kappa shape index (κ1) is 21.1. The lowest BCUT2D eigenvalue weighted by atomic mass is 10.2. The Kier molecular flexibility index (Phi) is 6.79. The quantitative estimate of drug-likeness (QED) is 0.571. The number of benzene rings is 1. The standard InChI is InChI=1S/C16H20ClN3O6S/c1-9(2)18-16(23)19-14(21)8-26-15(22)10-3-6-12(17)13(7-10)27(24,25)20-11-4-5-11/h3,6-7,9,11,20H,4-5,8H2,1-2H3,(H2,18,19,21,23). The Morgan fingerprint density at radius 1 is 1.26 bits per heavy atom. The molecule has 27 heavy (non-hydrogen) atoms. The lowest BCUT2D eigenvalue weighted by Crippen LogP contribution is -2.44. The maximum atomic E-state index is 12.3. The van der Waals surface area contributed by atoms with Gasteiger partial charge in [0.05, 0.1) is 10.6 Å². The van der Waals surface area contributed by atoms with Crippen molar-refractivity contribution in [2.24, 2.45) is 0 Å². The van der Waals surface area contributed by atoms with Crippen LogP contribution in [0.1, 0.15) is 37.0 Å². The molecule has 11 heteroatoms. The number of carbonyl (C=O) groups excluding carboxylic acids is 3. The number of imide groups is 1. The van der Waals surface area contributed by atoms with Crippen LogP contribution in [-0.4, -0.2) is 45.0 Å². The zero-order chi connectivity index (χ0) is 20.2. The minimum absolute atomic E-state index is 0.0391. The van der Waals surface area contributed by atoms with Crippen molar-refractivity contribution in [2.75, 3.05) is 6.61 Å². The van der Waals surface area contributed by atoms with Crippen molar-refractivity contribution in [3.05, 3.63) is 28.8 Å². The van der Waals surface area contributed by atoms with Crippen LogP contribution in [-0.2, 0) is 19.6 Å². The van der Waals surface area contributed by atoms with Crippen LogP contribution in [0.4, 0.5) is 4.79 Å². The van der Waals surface area contributed by atoms with Crippen LogP contribution in [0.15, 0.2) is 23.1 Å². The van der Waals surface area contributed by atoms with E-state index in [0.29, 0.717) is 0 Å². The molecular formula is C16H20ClN3O6S. The number of rotatable bonds is 7. The zero-order valence-corrected chi connectivity index (χ0v) is 16.3. The monoisotopic (exact) mass is 417 g/mol. The van der Waals surface area contributed by atoms with Gasteiger partial charge in [-0.25, -0.2) is 22.7 Å². The van der Waals surface area contributed by atoms with Gasteiger partial charge in [0.25, 0.3) is 5.91 Å². The molecule has 1 fully saturated rings. The van der Waals surface area contributed by atoms with Gasteiger partial charge in [-0.3, -0.25) is 10.1 Å². The molecule has 3 amide bonds. The molecule has 0 saturated heterocycles. The molecule has 1 aliphatic rings. The van der Waals surface area contributed by atoms with Crippen LogP contribution in [0.25, 0.3) is 0 Å². The van der Waals surface area contributed by atoms with E-state index in [1.807, 2.05) is 5.32 Å². The first-order valence-corrected chi connectivity index (χ1v) is 10.0. The van der Waals surface area contributed by atoms with Crippen LogP contribution in [0.5, 0.6) is 0 Å². The van der Waals surface area contributed by atoms with Gasteiger partial charge >= 0.3 is 12.0 Å². The van der Waals surface area contributed by atoms with Crippen molar-refractivity contribution >= 4 is 39.5 Å². The third kappa shape index (κ3) is 6.49. The molecule has 0 aromatic heterocycles. The van der Waals surface area contributed by atoms with Gasteiger partial charge in [0.15, 0.2) is 6.61 Å². The van der Waals surface area contributed by atoms with Gasteiger partial charge in [-0.2, -0.15) is 0 Å². The molecule has 0 aliphatic heterocycles. The fraction of sp³-hybridized carbons (Fsp3) is 0.438. The topological polar surface area (TPSA) is 131 Å². The lowest BCUT2D eigenvalue weighted by Gasteiger charge is -2.11. The average molecular weight is 418 g/mol. The second-order valence-electron chi connectivity index (χ2n) is 6.29. The third-order valence-corrected chi connectivity index (χ3v) is 5.36. The highest BCUT2D eigenvalue weighted by molar-refractivity contribution is 7.89. The number of ether oxygens (including phenoxy) is 1. The van der Waals surface area contributed by atoms with E-state index in [4.69, 9.17) is 16.3 Å². The zero-order valence-electron chi connectivity index (χ0n) is 14.7. The van der Waals surface area contributed by atoms with Crippen molar-refractivity contribution in [3.8, 4) is 0 Å². The number of hydrogen-bond donors (Lipinski definition) is 3. The summed E-state index contributed by atoms with van der Waals surface area (Å²) in [6, 6.07) is 2.62. The highest BCUT2D eigenvalue weighted by atomic mass is 35.5. The van der Waals surface area contributed by atoms with Crippen LogP contribution in [0, 0.1) is 0 Å². The Morgan fingerprint density at radius 3 is 2.52 bits per heavy atom. The number of hydrogen-bond acceptors (Lipinski definition) is 6. The van der Waals surface area contributed by atoms with Crippen LogP contribution in [0.3, 0.4) is 0 Å². The van der Waals surface area contributed by atoms with Gasteiger partial charge in [0, 0.05) is 12.1 Å². The summed E-state index contributed by atoms with van der Waals surface area (Å²) in [5, 5.41) is 4.40. The minimum atomic E-state index is -3.86. The number of urea groups is 1. The summed E-state index contributed by atoms with van der Waals surface area (Å²) in [6.07, 6.45) is 1.50. The van der Waals surface area contributed by atoms with E-state index >= 15 is 0 Å². The van der Waals surface area contributed by atoms with Gasteiger partial charge in [0.1, 0.15) is 4.90 Å². The van der Waals surface area contributed by atoms with E-state index in [9.17, 15) is 22.8 Å². The molecule has 1 aromatic rings.